The summed E-state index contributed by atoms with van der Waals surface area (Å²) < 4.78 is 0. The molecule has 0 aromatic carbocycles. The molecule has 0 saturated heterocycles. The maximum atomic E-state index is 11.8. The van der Waals surface area contributed by atoms with Crippen molar-refractivity contribution in [1.29, 1.82) is 0 Å². The van der Waals surface area contributed by atoms with E-state index in [0.717, 1.165) is 30.0 Å². The van der Waals surface area contributed by atoms with Crippen molar-refractivity contribution >= 4 is 17.2 Å². The SMILES string of the molecule is Cc1nc(CCNC(=O)CC2(CN)CCC2)cs1. The van der Waals surface area contributed by atoms with Crippen LogP contribution in [-0.2, 0) is 11.2 Å². The van der Waals surface area contributed by atoms with Crippen molar-refractivity contribution in [2.75, 3.05) is 13.1 Å². The zero-order chi connectivity index (χ0) is 13.0. The van der Waals surface area contributed by atoms with Gasteiger partial charge in [0.05, 0.1) is 10.7 Å². The zero-order valence-electron chi connectivity index (χ0n) is 10.9. The van der Waals surface area contributed by atoms with Gasteiger partial charge in [-0.05, 0) is 31.7 Å². The van der Waals surface area contributed by atoms with Gasteiger partial charge in [0.1, 0.15) is 0 Å². The number of carbonyl (C=O) groups is 1. The van der Waals surface area contributed by atoms with Crippen molar-refractivity contribution in [1.82, 2.24) is 10.3 Å². The molecule has 0 unspecified atom stereocenters. The van der Waals surface area contributed by atoms with E-state index in [9.17, 15) is 4.79 Å². The normalized spacial score (nSPS) is 17.2. The van der Waals surface area contributed by atoms with Gasteiger partial charge in [-0.2, -0.15) is 0 Å². The first-order valence-corrected chi connectivity index (χ1v) is 7.39. The van der Waals surface area contributed by atoms with Crippen LogP contribution in [-0.4, -0.2) is 24.0 Å². The number of nitrogens with zero attached hydrogens (tertiary/aromatic N) is 1. The van der Waals surface area contributed by atoms with Crippen LogP contribution in [0, 0.1) is 12.3 Å². The van der Waals surface area contributed by atoms with Crippen LogP contribution in [0.25, 0.3) is 0 Å². The van der Waals surface area contributed by atoms with Crippen LogP contribution in [0.5, 0.6) is 0 Å². The highest BCUT2D eigenvalue weighted by Gasteiger charge is 2.37. The molecule has 1 aromatic rings. The Morgan fingerprint density at radius 2 is 2.39 bits per heavy atom. The molecule has 2 rings (SSSR count). The minimum atomic E-state index is 0.0985. The summed E-state index contributed by atoms with van der Waals surface area (Å²) in [6, 6.07) is 0. The van der Waals surface area contributed by atoms with Gasteiger partial charge in [-0.25, -0.2) is 4.98 Å². The van der Waals surface area contributed by atoms with Gasteiger partial charge in [-0.15, -0.1) is 11.3 Å². The minimum absolute atomic E-state index is 0.0985. The Hall–Kier alpha value is -0.940. The fraction of sp³-hybridized carbons (Fsp3) is 0.692. The first-order chi connectivity index (χ1) is 8.63. The lowest BCUT2D eigenvalue weighted by molar-refractivity contribution is -0.124. The molecule has 18 heavy (non-hydrogen) atoms. The summed E-state index contributed by atoms with van der Waals surface area (Å²) in [4.78, 5) is 16.2. The minimum Gasteiger partial charge on any atom is -0.356 e. The summed E-state index contributed by atoms with van der Waals surface area (Å²) in [5, 5.41) is 6.10. The van der Waals surface area contributed by atoms with Crippen molar-refractivity contribution < 1.29 is 4.79 Å². The molecule has 0 radical (unpaired) electrons. The van der Waals surface area contributed by atoms with E-state index in [4.69, 9.17) is 5.73 Å². The van der Waals surface area contributed by atoms with Crippen LogP contribution < -0.4 is 11.1 Å². The maximum absolute atomic E-state index is 11.8. The average Bonchev–Trinajstić information content (AvgIpc) is 2.70. The van der Waals surface area contributed by atoms with Gasteiger partial charge in [0.25, 0.3) is 0 Å². The van der Waals surface area contributed by atoms with Gasteiger partial charge < -0.3 is 11.1 Å². The van der Waals surface area contributed by atoms with Crippen LogP contribution in [0.2, 0.25) is 0 Å². The number of amides is 1. The van der Waals surface area contributed by atoms with Crippen molar-refractivity contribution in [3.05, 3.63) is 16.1 Å². The number of aromatic nitrogens is 1. The van der Waals surface area contributed by atoms with Gasteiger partial charge >= 0.3 is 0 Å². The first-order valence-electron chi connectivity index (χ1n) is 6.51. The van der Waals surface area contributed by atoms with Crippen LogP contribution >= 0.6 is 11.3 Å². The van der Waals surface area contributed by atoms with Gasteiger partial charge in [0.15, 0.2) is 0 Å². The molecule has 1 aliphatic rings. The summed E-state index contributed by atoms with van der Waals surface area (Å²) in [5.41, 5.74) is 6.91. The molecule has 3 N–H and O–H groups in total. The van der Waals surface area contributed by atoms with Crippen molar-refractivity contribution in [3.63, 3.8) is 0 Å². The van der Waals surface area contributed by atoms with Gasteiger partial charge in [0.2, 0.25) is 5.91 Å². The molecule has 0 aliphatic heterocycles. The summed E-state index contributed by atoms with van der Waals surface area (Å²) >= 11 is 1.65. The second-order valence-electron chi connectivity index (χ2n) is 5.19. The molecule has 1 heterocycles. The lowest BCUT2D eigenvalue weighted by Gasteiger charge is -2.40. The topological polar surface area (TPSA) is 68.0 Å². The second-order valence-corrected chi connectivity index (χ2v) is 6.25. The highest BCUT2D eigenvalue weighted by Crippen LogP contribution is 2.42. The number of carbonyl (C=O) groups excluding carboxylic acids is 1. The Labute approximate surface area is 112 Å². The molecule has 1 amide bonds. The Balaban J connectivity index is 1.69. The van der Waals surface area contributed by atoms with E-state index in [2.05, 4.69) is 15.7 Å². The number of aryl methyl sites for hydroxylation is 1. The van der Waals surface area contributed by atoms with E-state index < -0.39 is 0 Å². The number of nitrogens with two attached hydrogens (primary N) is 1. The Bertz CT molecular complexity index is 407. The highest BCUT2D eigenvalue weighted by atomic mass is 32.1. The van der Waals surface area contributed by atoms with Gasteiger partial charge in [0, 0.05) is 24.8 Å². The van der Waals surface area contributed by atoms with Crippen LogP contribution in [0.4, 0.5) is 0 Å². The molecule has 100 valence electrons. The predicted octanol–water partition coefficient (Wildman–Crippen LogP) is 1.63. The Morgan fingerprint density at radius 3 is 2.89 bits per heavy atom. The fourth-order valence-corrected chi connectivity index (χ4v) is 3.03. The summed E-state index contributed by atoms with van der Waals surface area (Å²) in [6.45, 7) is 3.29. The van der Waals surface area contributed by atoms with E-state index in [1.165, 1.54) is 6.42 Å². The van der Waals surface area contributed by atoms with Gasteiger partial charge in [-0.3, -0.25) is 4.79 Å². The molecular formula is C13H21N3OS. The molecule has 1 aromatic heterocycles. The Morgan fingerprint density at radius 1 is 1.61 bits per heavy atom. The molecule has 4 nitrogen and oxygen atoms in total. The molecule has 1 aliphatic carbocycles. The lowest BCUT2D eigenvalue weighted by Crippen LogP contribution is -2.42. The number of thiazole rings is 1. The molecule has 5 heteroatoms. The van der Waals surface area contributed by atoms with E-state index in [-0.39, 0.29) is 11.3 Å². The molecule has 0 spiro atoms. The van der Waals surface area contributed by atoms with E-state index in [1.54, 1.807) is 11.3 Å². The summed E-state index contributed by atoms with van der Waals surface area (Å²) in [7, 11) is 0. The van der Waals surface area contributed by atoms with Crippen LogP contribution in [0.15, 0.2) is 5.38 Å². The molecular weight excluding hydrogens is 246 g/mol. The third-order valence-corrected chi connectivity index (χ3v) is 4.57. The van der Waals surface area contributed by atoms with E-state index in [0.29, 0.717) is 19.5 Å². The third-order valence-electron chi connectivity index (χ3n) is 3.75. The lowest BCUT2D eigenvalue weighted by atomic mass is 9.66. The number of hydrogen-bond acceptors (Lipinski definition) is 4. The van der Waals surface area contributed by atoms with Crippen molar-refractivity contribution in [3.8, 4) is 0 Å². The molecule has 1 fully saturated rings. The maximum Gasteiger partial charge on any atom is 0.220 e. The van der Waals surface area contributed by atoms with Crippen molar-refractivity contribution in [2.24, 2.45) is 11.1 Å². The number of hydrogen-bond donors (Lipinski definition) is 2. The number of nitrogens with one attached hydrogen (secondary N) is 1. The van der Waals surface area contributed by atoms with E-state index >= 15 is 0 Å². The molecule has 1 saturated carbocycles. The third kappa shape index (κ3) is 3.29. The largest absolute Gasteiger partial charge is 0.356 e. The van der Waals surface area contributed by atoms with Crippen molar-refractivity contribution in [2.45, 2.75) is 39.0 Å². The average molecular weight is 267 g/mol. The first kappa shape index (κ1) is 13.5. The van der Waals surface area contributed by atoms with E-state index in [1.807, 2.05) is 6.92 Å². The smallest absolute Gasteiger partial charge is 0.220 e. The molecule has 0 bridgehead atoms. The standard InChI is InChI=1S/C13H21N3OS/c1-10-16-11(8-18-10)3-6-15-12(17)7-13(9-14)4-2-5-13/h8H,2-7,9,14H2,1H3,(H,15,17). The monoisotopic (exact) mass is 267 g/mol. The fourth-order valence-electron chi connectivity index (χ4n) is 2.39. The summed E-state index contributed by atoms with van der Waals surface area (Å²) in [6.07, 6.45) is 4.80. The predicted molar refractivity (Wildman–Crippen MR) is 73.5 cm³/mol. The second kappa shape index (κ2) is 5.80. The summed E-state index contributed by atoms with van der Waals surface area (Å²) in [5.74, 6) is 0.132. The van der Waals surface area contributed by atoms with Crippen LogP contribution in [0.1, 0.15) is 36.4 Å². The number of rotatable bonds is 6. The quantitative estimate of drug-likeness (QED) is 0.823. The zero-order valence-corrected chi connectivity index (χ0v) is 11.7. The molecule has 0 atom stereocenters. The highest BCUT2D eigenvalue weighted by molar-refractivity contribution is 7.09. The van der Waals surface area contributed by atoms with Crippen LogP contribution in [0.3, 0.4) is 0 Å². The Kier molecular flexibility index (Phi) is 4.35. The van der Waals surface area contributed by atoms with Gasteiger partial charge in [-0.1, -0.05) is 6.42 Å².